The molecule has 2 aliphatic carbocycles. The first-order chi connectivity index (χ1) is 10.7. The van der Waals surface area contributed by atoms with Gasteiger partial charge in [-0.15, -0.1) is 11.3 Å². The number of rotatable bonds is 4. The van der Waals surface area contributed by atoms with Crippen molar-refractivity contribution in [3.8, 4) is 0 Å². The zero-order valence-electron chi connectivity index (χ0n) is 12.4. The highest BCUT2D eigenvalue weighted by Gasteiger charge is 2.40. The van der Waals surface area contributed by atoms with Crippen LogP contribution in [-0.4, -0.2) is 11.5 Å². The number of halogens is 1. The first kappa shape index (κ1) is 14.2. The third-order valence-corrected chi connectivity index (χ3v) is 5.79. The number of nitrogens with two attached hydrogens (primary N) is 1. The average molecular weight is 317 g/mol. The maximum absolute atomic E-state index is 14.5. The molecule has 0 aliphatic heterocycles. The lowest BCUT2D eigenvalue weighted by Gasteiger charge is -2.38. The van der Waals surface area contributed by atoms with Crippen molar-refractivity contribution in [2.24, 2.45) is 5.92 Å². The van der Waals surface area contributed by atoms with E-state index in [0.717, 1.165) is 43.0 Å². The highest BCUT2D eigenvalue weighted by molar-refractivity contribution is 7.15. The van der Waals surface area contributed by atoms with E-state index in [2.05, 4.69) is 10.3 Å². The number of hydrogen-bond acceptors (Lipinski definition) is 4. The highest BCUT2D eigenvalue weighted by Crippen LogP contribution is 2.41. The zero-order chi connectivity index (χ0) is 15.2. The van der Waals surface area contributed by atoms with Crippen molar-refractivity contribution in [2.45, 2.75) is 37.6 Å². The summed E-state index contributed by atoms with van der Waals surface area (Å²) in [5, 5.41) is 4.32. The van der Waals surface area contributed by atoms with Gasteiger partial charge in [-0.05, 0) is 44.2 Å². The summed E-state index contributed by atoms with van der Waals surface area (Å²) in [4.78, 5) is 5.62. The topological polar surface area (TPSA) is 50.9 Å². The molecule has 22 heavy (non-hydrogen) atoms. The fourth-order valence-electron chi connectivity index (χ4n) is 3.42. The molecule has 1 atom stereocenters. The second-order valence-corrected chi connectivity index (χ2v) is 7.60. The fourth-order valence-corrected chi connectivity index (χ4v) is 4.41. The number of aryl methyl sites for hydroxylation is 1. The Labute approximate surface area is 133 Å². The largest absolute Gasteiger partial charge is 0.375 e. The quantitative estimate of drug-likeness (QED) is 0.910. The van der Waals surface area contributed by atoms with Gasteiger partial charge in [-0.1, -0.05) is 18.2 Å². The Balaban J connectivity index is 1.71. The van der Waals surface area contributed by atoms with Crippen LogP contribution in [0.1, 0.15) is 35.4 Å². The summed E-state index contributed by atoms with van der Waals surface area (Å²) in [5.41, 5.74) is 7.43. The van der Waals surface area contributed by atoms with E-state index in [4.69, 9.17) is 5.73 Å². The summed E-state index contributed by atoms with van der Waals surface area (Å²) >= 11 is 1.55. The van der Waals surface area contributed by atoms with E-state index in [0.29, 0.717) is 5.13 Å². The summed E-state index contributed by atoms with van der Waals surface area (Å²) in [6.07, 6.45) is 5.09. The van der Waals surface area contributed by atoms with E-state index < -0.39 is 0 Å². The summed E-state index contributed by atoms with van der Waals surface area (Å²) in [7, 11) is 0. The Hall–Kier alpha value is -1.46. The molecular weight excluding hydrogens is 297 g/mol. The molecule has 2 aromatic rings. The van der Waals surface area contributed by atoms with Crippen molar-refractivity contribution in [1.82, 2.24) is 10.3 Å². The molecule has 0 radical (unpaired) electrons. The van der Waals surface area contributed by atoms with Crippen LogP contribution in [0, 0.1) is 11.7 Å². The summed E-state index contributed by atoms with van der Waals surface area (Å²) < 4.78 is 14.5. The van der Waals surface area contributed by atoms with Crippen LogP contribution in [0.3, 0.4) is 0 Å². The molecule has 0 bridgehead atoms. The molecule has 0 saturated heterocycles. The number of fused-ring (bicyclic) bond motifs is 1. The third-order valence-electron chi connectivity index (χ3n) is 4.86. The van der Waals surface area contributed by atoms with E-state index in [1.165, 1.54) is 17.7 Å². The molecular formula is C17H20FN3S. The van der Waals surface area contributed by atoms with Gasteiger partial charge in [-0.2, -0.15) is 0 Å². The van der Waals surface area contributed by atoms with Gasteiger partial charge >= 0.3 is 0 Å². The van der Waals surface area contributed by atoms with Gasteiger partial charge in [0, 0.05) is 16.9 Å². The molecule has 1 saturated carbocycles. The molecule has 3 nitrogen and oxygen atoms in total. The molecule has 2 aliphatic rings. The van der Waals surface area contributed by atoms with Crippen molar-refractivity contribution in [3.63, 3.8) is 0 Å². The lowest BCUT2D eigenvalue weighted by molar-refractivity contribution is 0.278. The van der Waals surface area contributed by atoms with Gasteiger partial charge in [0.25, 0.3) is 0 Å². The molecule has 4 rings (SSSR count). The molecule has 116 valence electrons. The smallest absolute Gasteiger partial charge is 0.180 e. The monoisotopic (exact) mass is 317 g/mol. The number of nitrogens with one attached hydrogen (secondary N) is 1. The Morgan fingerprint density at radius 2 is 2.18 bits per heavy atom. The van der Waals surface area contributed by atoms with Crippen LogP contribution in [0.15, 0.2) is 24.3 Å². The van der Waals surface area contributed by atoms with Gasteiger partial charge < -0.3 is 11.1 Å². The first-order valence-corrected chi connectivity index (χ1v) is 8.72. The average Bonchev–Trinajstić information content (AvgIpc) is 3.26. The van der Waals surface area contributed by atoms with E-state index in [-0.39, 0.29) is 11.4 Å². The summed E-state index contributed by atoms with van der Waals surface area (Å²) in [6, 6.07) is 7.17. The van der Waals surface area contributed by atoms with Crippen molar-refractivity contribution >= 4 is 16.5 Å². The maximum Gasteiger partial charge on any atom is 0.180 e. The molecule has 0 amide bonds. The molecule has 1 heterocycles. The Morgan fingerprint density at radius 1 is 1.36 bits per heavy atom. The minimum Gasteiger partial charge on any atom is -0.375 e. The molecule has 5 heteroatoms. The SMILES string of the molecule is Nc1nc2c(s1)CC(NCC1CC1)(c1ccccc1F)CC2. The van der Waals surface area contributed by atoms with Crippen LogP contribution in [0.2, 0.25) is 0 Å². The summed E-state index contributed by atoms with van der Waals surface area (Å²) in [6.45, 7) is 0.970. The maximum atomic E-state index is 14.5. The molecule has 1 fully saturated rings. The van der Waals surface area contributed by atoms with Crippen LogP contribution < -0.4 is 11.1 Å². The second-order valence-electron chi connectivity index (χ2n) is 6.48. The molecule has 1 aromatic carbocycles. The molecule has 0 spiro atoms. The number of anilines is 1. The zero-order valence-corrected chi connectivity index (χ0v) is 13.3. The van der Waals surface area contributed by atoms with Gasteiger partial charge in [0.1, 0.15) is 5.82 Å². The Bertz CT molecular complexity index is 695. The van der Waals surface area contributed by atoms with Crippen molar-refractivity contribution < 1.29 is 4.39 Å². The second kappa shape index (κ2) is 5.32. The summed E-state index contributed by atoms with van der Waals surface area (Å²) in [5.74, 6) is 0.642. The van der Waals surface area contributed by atoms with Gasteiger partial charge in [-0.3, -0.25) is 0 Å². The van der Waals surface area contributed by atoms with E-state index in [1.54, 1.807) is 23.5 Å². The fraction of sp³-hybridized carbons (Fsp3) is 0.471. The van der Waals surface area contributed by atoms with Gasteiger partial charge in [-0.25, -0.2) is 9.37 Å². The van der Waals surface area contributed by atoms with Crippen LogP contribution >= 0.6 is 11.3 Å². The van der Waals surface area contributed by atoms with Crippen LogP contribution in [0.5, 0.6) is 0 Å². The van der Waals surface area contributed by atoms with Gasteiger partial charge in [0.15, 0.2) is 5.13 Å². The number of aromatic nitrogens is 1. The van der Waals surface area contributed by atoms with Gasteiger partial charge in [0.2, 0.25) is 0 Å². The van der Waals surface area contributed by atoms with E-state index in [9.17, 15) is 4.39 Å². The van der Waals surface area contributed by atoms with Crippen molar-refractivity contribution in [2.75, 3.05) is 12.3 Å². The van der Waals surface area contributed by atoms with Crippen molar-refractivity contribution in [1.29, 1.82) is 0 Å². The highest BCUT2D eigenvalue weighted by atomic mass is 32.1. The minimum absolute atomic E-state index is 0.119. The van der Waals surface area contributed by atoms with E-state index >= 15 is 0 Å². The van der Waals surface area contributed by atoms with E-state index in [1.807, 2.05) is 12.1 Å². The van der Waals surface area contributed by atoms with Crippen LogP contribution in [0.25, 0.3) is 0 Å². The predicted molar refractivity (Wildman–Crippen MR) is 87.4 cm³/mol. The number of nitrogens with zero attached hydrogens (tertiary/aromatic N) is 1. The third kappa shape index (κ3) is 2.52. The number of benzene rings is 1. The van der Waals surface area contributed by atoms with Crippen LogP contribution in [-0.2, 0) is 18.4 Å². The minimum atomic E-state index is -0.320. The normalized spacial score (nSPS) is 24.2. The number of thiazole rings is 1. The molecule has 1 aromatic heterocycles. The molecule has 1 unspecified atom stereocenters. The van der Waals surface area contributed by atoms with Gasteiger partial charge in [0.05, 0.1) is 11.2 Å². The number of hydrogen-bond donors (Lipinski definition) is 2. The lowest BCUT2D eigenvalue weighted by atomic mass is 9.77. The van der Waals surface area contributed by atoms with Crippen molar-refractivity contribution in [3.05, 3.63) is 46.2 Å². The lowest BCUT2D eigenvalue weighted by Crippen LogP contribution is -2.48. The molecule has 3 N–H and O–H groups in total. The Kier molecular flexibility index (Phi) is 3.42. The Morgan fingerprint density at radius 3 is 2.95 bits per heavy atom. The number of nitrogen functional groups attached to an aromatic ring is 1. The van der Waals surface area contributed by atoms with Crippen LogP contribution in [0.4, 0.5) is 9.52 Å². The first-order valence-electron chi connectivity index (χ1n) is 7.90. The predicted octanol–water partition coefficient (Wildman–Crippen LogP) is 3.25. The standard InChI is InChI=1S/C17H20FN3S/c18-13-4-2-1-3-12(13)17(20-10-11-5-6-11)8-7-14-15(9-17)22-16(19)21-14/h1-4,11,20H,5-10H2,(H2,19,21).